The molecular weight excluding hydrogens is 450 g/mol. The first kappa shape index (κ1) is 25.6. The topological polar surface area (TPSA) is 79.0 Å². The van der Waals surface area contributed by atoms with Gasteiger partial charge in [0.2, 0.25) is 5.91 Å². The summed E-state index contributed by atoms with van der Waals surface area (Å²) < 4.78 is 5.38. The summed E-state index contributed by atoms with van der Waals surface area (Å²) in [4.78, 5) is 42.4. The van der Waals surface area contributed by atoms with Crippen molar-refractivity contribution in [3.63, 3.8) is 0 Å². The van der Waals surface area contributed by atoms with Crippen molar-refractivity contribution in [2.75, 3.05) is 39.3 Å². The minimum absolute atomic E-state index is 0.0729. The van der Waals surface area contributed by atoms with E-state index in [0.29, 0.717) is 28.6 Å². The summed E-state index contributed by atoms with van der Waals surface area (Å²) >= 11 is 1.36. The number of nitrogens with one attached hydrogen (secondary N) is 1. The van der Waals surface area contributed by atoms with Crippen molar-refractivity contribution in [3.8, 4) is 5.75 Å². The Bertz CT molecular complexity index is 1030. The lowest BCUT2D eigenvalue weighted by molar-refractivity contribution is -0.129. The molecule has 0 unspecified atom stereocenters. The summed E-state index contributed by atoms with van der Waals surface area (Å²) in [6.45, 7) is 0. The summed E-state index contributed by atoms with van der Waals surface area (Å²) in [6.07, 6.45) is 5.70. The van der Waals surface area contributed by atoms with E-state index in [1.54, 1.807) is 44.4 Å². The number of anilines is 1. The molecule has 0 aliphatic heterocycles. The van der Waals surface area contributed by atoms with Gasteiger partial charge in [0.1, 0.15) is 5.75 Å². The molecular formula is C26H33N3O4S. The number of thioether (sulfide) groups is 1. The van der Waals surface area contributed by atoms with Gasteiger partial charge in [-0.1, -0.05) is 31.4 Å². The Morgan fingerprint density at radius 2 is 1.74 bits per heavy atom. The molecule has 1 N–H and O–H groups in total. The van der Waals surface area contributed by atoms with Crippen molar-refractivity contribution in [2.45, 2.75) is 43.0 Å². The first-order valence-electron chi connectivity index (χ1n) is 11.5. The minimum Gasteiger partial charge on any atom is -0.495 e. The molecule has 182 valence electrons. The van der Waals surface area contributed by atoms with Gasteiger partial charge >= 0.3 is 0 Å². The Hall–Kier alpha value is -3.00. The number of carbonyl (C=O) groups is 3. The lowest BCUT2D eigenvalue weighted by Gasteiger charge is -2.31. The average molecular weight is 484 g/mol. The zero-order chi connectivity index (χ0) is 24.7. The molecule has 1 fully saturated rings. The average Bonchev–Trinajstić information content (AvgIpc) is 2.86. The number of hydrogen-bond acceptors (Lipinski definition) is 5. The van der Waals surface area contributed by atoms with E-state index in [1.807, 2.05) is 24.1 Å². The van der Waals surface area contributed by atoms with Crippen LogP contribution in [0.3, 0.4) is 0 Å². The molecule has 0 bridgehead atoms. The van der Waals surface area contributed by atoms with Gasteiger partial charge in [-0.3, -0.25) is 14.4 Å². The summed E-state index contributed by atoms with van der Waals surface area (Å²) in [7, 11) is 6.74. The van der Waals surface area contributed by atoms with Gasteiger partial charge in [-0.25, -0.2) is 0 Å². The van der Waals surface area contributed by atoms with Crippen LogP contribution in [0.15, 0.2) is 47.4 Å². The number of rotatable bonds is 8. The standard InChI is InChI=1S/C26H33N3O4S/c1-28(2)26(32)18-14-15-22(33-4)21(16-18)27-25(31)20-12-8-9-13-23(20)34-17-24(30)29(3)19-10-6-5-7-11-19/h8-9,12-16,19H,5-7,10-11,17H2,1-4H3,(H,27,31). The Balaban J connectivity index is 1.72. The van der Waals surface area contributed by atoms with Crippen LogP contribution in [0, 0.1) is 0 Å². The molecule has 2 aromatic carbocycles. The van der Waals surface area contributed by atoms with Gasteiger partial charge in [0.15, 0.2) is 0 Å². The van der Waals surface area contributed by atoms with Crippen LogP contribution >= 0.6 is 11.8 Å². The number of ether oxygens (including phenoxy) is 1. The van der Waals surface area contributed by atoms with Crippen molar-refractivity contribution in [3.05, 3.63) is 53.6 Å². The van der Waals surface area contributed by atoms with E-state index in [-0.39, 0.29) is 23.5 Å². The third-order valence-corrected chi connectivity index (χ3v) is 7.16. The summed E-state index contributed by atoms with van der Waals surface area (Å²) in [5.41, 5.74) is 1.32. The second-order valence-electron chi connectivity index (χ2n) is 8.65. The van der Waals surface area contributed by atoms with E-state index in [9.17, 15) is 14.4 Å². The van der Waals surface area contributed by atoms with Crippen LogP contribution in [0.1, 0.15) is 52.8 Å². The minimum atomic E-state index is -0.330. The molecule has 0 aromatic heterocycles. The van der Waals surface area contributed by atoms with E-state index >= 15 is 0 Å². The summed E-state index contributed by atoms with van der Waals surface area (Å²) in [5, 5.41) is 2.87. The Labute approximate surface area is 205 Å². The zero-order valence-corrected chi connectivity index (χ0v) is 21.1. The van der Waals surface area contributed by atoms with Gasteiger partial charge in [-0.15, -0.1) is 11.8 Å². The van der Waals surface area contributed by atoms with Crippen molar-refractivity contribution in [2.24, 2.45) is 0 Å². The van der Waals surface area contributed by atoms with Crippen LogP contribution in [-0.4, -0.2) is 67.6 Å². The lowest BCUT2D eigenvalue weighted by atomic mass is 9.94. The van der Waals surface area contributed by atoms with Crippen molar-refractivity contribution in [1.29, 1.82) is 0 Å². The number of amides is 3. The largest absolute Gasteiger partial charge is 0.495 e. The van der Waals surface area contributed by atoms with Gasteiger partial charge in [0, 0.05) is 37.6 Å². The van der Waals surface area contributed by atoms with Crippen LogP contribution in [0.2, 0.25) is 0 Å². The van der Waals surface area contributed by atoms with Crippen molar-refractivity contribution in [1.82, 2.24) is 9.80 Å². The normalized spacial score (nSPS) is 13.8. The number of benzene rings is 2. The number of methoxy groups -OCH3 is 1. The molecule has 7 nitrogen and oxygen atoms in total. The maximum Gasteiger partial charge on any atom is 0.256 e. The molecule has 0 atom stereocenters. The van der Waals surface area contributed by atoms with Gasteiger partial charge in [-0.2, -0.15) is 0 Å². The van der Waals surface area contributed by atoms with E-state index in [4.69, 9.17) is 4.74 Å². The molecule has 3 amide bonds. The molecule has 2 aromatic rings. The van der Waals surface area contributed by atoms with Crippen molar-refractivity contribution >= 4 is 35.2 Å². The third-order valence-electron chi connectivity index (χ3n) is 6.10. The molecule has 34 heavy (non-hydrogen) atoms. The fraction of sp³-hybridized carbons (Fsp3) is 0.423. The highest BCUT2D eigenvalue weighted by Crippen LogP contribution is 2.29. The van der Waals surface area contributed by atoms with Crippen LogP contribution in [0.25, 0.3) is 0 Å². The number of nitrogens with zero attached hydrogens (tertiary/aromatic N) is 2. The SMILES string of the molecule is COc1ccc(C(=O)N(C)C)cc1NC(=O)c1ccccc1SCC(=O)N(C)C1CCCCC1. The monoisotopic (exact) mass is 483 g/mol. The zero-order valence-electron chi connectivity index (χ0n) is 20.3. The molecule has 0 radical (unpaired) electrons. The van der Waals surface area contributed by atoms with E-state index in [0.717, 1.165) is 17.7 Å². The molecule has 0 spiro atoms. The van der Waals surface area contributed by atoms with Crippen molar-refractivity contribution < 1.29 is 19.1 Å². The number of hydrogen-bond donors (Lipinski definition) is 1. The highest BCUT2D eigenvalue weighted by atomic mass is 32.2. The molecule has 3 rings (SSSR count). The van der Waals surface area contributed by atoms with E-state index in [2.05, 4.69) is 5.32 Å². The van der Waals surface area contributed by atoms with Crippen LogP contribution < -0.4 is 10.1 Å². The van der Waals surface area contributed by atoms with Gasteiger partial charge in [0.25, 0.3) is 11.8 Å². The second-order valence-corrected chi connectivity index (χ2v) is 9.67. The van der Waals surface area contributed by atoms with Crippen LogP contribution in [-0.2, 0) is 4.79 Å². The molecule has 8 heteroatoms. The fourth-order valence-corrected chi connectivity index (χ4v) is 5.05. The maximum atomic E-state index is 13.2. The summed E-state index contributed by atoms with van der Waals surface area (Å²) in [5.74, 6) is 0.299. The molecule has 1 aliphatic rings. The Kier molecular flexibility index (Phi) is 8.98. The Morgan fingerprint density at radius 1 is 1.03 bits per heavy atom. The Morgan fingerprint density at radius 3 is 2.41 bits per heavy atom. The van der Waals surface area contributed by atoms with Crippen LogP contribution in [0.4, 0.5) is 5.69 Å². The van der Waals surface area contributed by atoms with Gasteiger partial charge in [0.05, 0.1) is 24.1 Å². The summed E-state index contributed by atoms with van der Waals surface area (Å²) in [6, 6.07) is 12.5. The molecule has 1 saturated carbocycles. The highest BCUT2D eigenvalue weighted by molar-refractivity contribution is 8.00. The van der Waals surface area contributed by atoms with Gasteiger partial charge < -0.3 is 19.9 Å². The quantitative estimate of drug-likeness (QED) is 0.558. The van der Waals surface area contributed by atoms with Crippen LogP contribution in [0.5, 0.6) is 5.75 Å². The maximum absolute atomic E-state index is 13.2. The smallest absolute Gasteiger partial charge is 0.256 e. The molecule has 0 saturated heterocycles. The van der Waals surface area contributed by atoms with E-state index < -0.39 is 0 Å². The first-order chi connectivity index (χ1) is 16.3. The second kappa shape index (κ2) is 11.9. The third kappa shape index (κ3) is 6.32. The molecule has 0 heterocycles. The molecule has 1 aliphatic carbocycles. The number of carbonyl (C=O) groups excluding carboxylic acids is 3. The predicted molar refractivity (Wildman–Crippen MR) is 136 cm³/mol. The lowest BCUT2D eigenvalue weighted by Crippen LogP contribution is -2.39. The highest BCUT2D eigenvalue weighted by Gasteiger charge is 2.23. The van der Waals surface area contributed by atoms with E-state index in [1.165, 1.54) is 43.0 Å². The fourth-order valence-electron chi connectivity index (χ4n) is 4.08. The first-order valence-corrected chi connectivity index (χ1v) is 12.5. The predicted octanol–water partition coefficient (Wildman–Crippen LogP) is 4.53. The van der Waals surface area contributed by atoms with Gasteiger partial charge in [-0.05, 0) is 43.2 Å².